The minimum atomic E-state index is -0.636. The van der Waals surface area contributed by atoms with E-state index in [0.717, 1.165) is 51.7 Å². The summed E-state index contributed by atoms with van der Waals surface area (Å²) in [5, 5.41) is 9.58. The van der Waals surface area contributed by atoms with Crippen molar-refractivity contribution in [3.05, 3.63) is 0 Å². The Bertz CT molecular complexity index is 313. The van der Waals surface area contributed by atoms with Gasteiger partial charge in [-0.1, -0.05) is 6.92 Å². The van der Waals surface area contributed by atoms with Gasteiger partial charge in [-0.05, 0) is 71.6 Å². The molecular formula is C15H28N2O2. The molecule has 4 nitrogen and oxygen atoms in total. The van der Waals surface area contributed by atoms with Crippen LogP contribution in [0.5, 0.6) is 0 Å². The van der Waals surface area contributed by atoms with Crippen molar-refractivity contribution in [2.24, 2.45) is 0 Å². The van der Waals surface area contributed by atoms with Gasteiger partial charge in [0.05, 0.1) is 0 Å². The second-order valence-corrected chi connectivity index (χ2v) is 6.30. The Morgan fingerprint density at radius 1 is 1.26 bits per heavy atom. The van der Waals surface area contributed by atoms with E-state index < -0.39 is 11.5 Å². The third kappa shape index (κ3) is 3.11. The molecule has 0 bridgehead atoms. The normalized spacial score (nSPS) is 31.5. The van der Waals surface area contributed by atoms with Crippen molar-refractivity contribution in [1.29, 1.82) is 0 Å². The predicted octanol–water partition coefficient (Wildman–Crippen LogP) is 2.19. The highest BCUT2D eigenvalue weighted by Crippen LogP contribution is 2.33. The number of carbonyl (C=O) groups is 1. The summed E-state index contributed by atoms with van der Waals surface area (Å²) in [5.74, 6) is -0.636. The van der Waals surface area contributed by atoms with Gasteiger partial charge in [0.15, 0.2) is 0 Å². The maximum absolute atomic E-state index is 11.6. The van der Waals surface area contributed by atoms with Gasteiger partial charge in [-0.15, -0.1) is 0 Å². The van der Waals surface area contributed by atoms with Gasteiger partial charge in [-0.3, -0.25) is 9.69 Å². The lowest BCUT2D eigenvalue weighted by molar-refractivity contribution is -0.156. The lowest BCUT2D eigenvalue weighted by Gasteiger charge is -2.48. The Morgan fingerprint density at radius 3 is 2.53 bits per heavy atom. The molecule has 0 spiro atoms. The fourth-order valence-electron chi connectivity index (χ4n) is 3.73. The van der Waals surface area contributed by atoms with E-state index in [0.29, 0.717) is 6.04 Å². The second-order valence-electron chi connectivity index (χ2n) is 6.30. The van der Waals surface area contributed by atoms with Crippen molar-refractivity contribution in [1.82, 2.24) is 9.80 Å². The molecule has 2 rings (SSSR count). The van der Waals surface area contributed by atoms with Crippen molar-refractivity contribution in [3.63, 3.8) is 0 Å². The lowest BCUT2D eigenvalue weighted by Crippen LogP contribution is -2.60. The number of hydrogen-bond donors (Lipinski definition) is 1. The zero-order chi connectivity index (χ0) is 13.9. The third-order valence-corrected chi connectivity index (χ3v) is 4.94. The van der Waals surface area contributed by atoms with Gasteiger partial charge >= 0.3 is 5.97 Å². The third-order valence-electron chi connectivity index (χ3n) is 4.94. The number of rotatable bonds is 4. The van der Waals surface area contributed by atoms with Crippen LogP contribution < -0.4 is 0 Å². The molecule has 19 heavy (non-hydrogen) atoms. The molecule has 0 saturated carbocycles. The molecule has 2 saturated heterocycles. The molecule has 2 heterocycles. The number of aliphatic carboxylic acids is 1. The van der Waals surface area contributed by atoms with Crippen molar-refractivity contribution < 1.29 is 9.90 Å². The van der Waals surface area contributed by atoms with Crippen LogP contribution in [0.1, 0.15) is 52.4 Å². The summed E-state index contributed by atoms with van der Waals surface area (Å²) in [4.78, 5) is 16.5. The monoisotopic (exact) mass is 268 g/mol. The summed E-state index contributed by atoms with van der Waals surface area (Å²) in [6, 6.07) is 0.467. The summed E-state index contributed by atoms with van der Waals surface area (Å²) < 4.78 is 0. The number of piperidine rings is 2. The second kappa shape index (κ2) is 6.23. The van der Waals surface area contributed by atoms with Gasteiger partial charge in [0.1, 0.15) is 5.54 Å². The molecule has 1 N–H and O–H groups in total. The highest BCUT2D eigenvalue weighted by atomic mass is 16.4. The van der Waals surface area contributed by atoms with Crippen molar-refractivity contribution in [2.45, 2.75) is 64.0 Å². The molecule has 1 atom stereocenters. The summed E-state index contributed by atoms with van der Waals surface area (Å²) in [5.41, 5.74) is -0.629. The Kier molecular flexibility index (Phi) is 4.85. The molecule has 110 valence electrons. The average Bonchev–Trinajstić information content (AvgIpc) is 2.41. The fourth-order valence-corrected chi connectivity index (χ4v) is 3.73. The Labute approximate surface area is 116 Å². The first-order valence-corrected chi connectivity index (χ1v) is 7.80. The van der Waals surface area contributed by atoms with E-state index in [-0.39, 0.29) is 0 Å². The van der Waals surface area contributed by atoms with E-state index in [4.69, 9.17) is 0 Å². The minimum Gasteiger partial charge on any atom is -0.480 e. The molecule has 0 aromatic rings. The van der Waals surface area contributed by atoms with Crippen LogP contribution in [-0.4, -0.2) is 58.6 Å². The van der Waals surface area contributed by atoms with E-state index in [2.05, 4.69) is 16.7 Å². The first kappa shape index (κ1) is 14.8. The van der Waals surface area contributed by atoms with Crippen molar-refractivity contribution >= 4 is 5.97 Å². The molecule has 4 heteroatoms. The molecule has 2 aliphatic heterocycles. The largest absolute Gasteiger partial charge is 0.480 e. The zero-order valence-electron chi connectivity index (χ0n) is 12.4. The molecule has 0 aromatic carbocycles. The lowest BCUT2D eigenvalue weighted by atomic mass is 9.85. The Hall–Kier alpha value is -0.610. The number of hydrogen-bond acceptors (Lipinski definition) is 3. The smallest absolute Gasteiger partial charge is 0.323 e. The quantitative estimate of drug-likeness (QED) is 0.849. The fraction of sp³-hybridized carbons (Fsp3) is 0.933. The van der Waals surface area contributed by atoms with E-state index in [1.807, 2.05) is 6.92 Å². The minimum absolute atomic E-state index is 0.467. The first-order valence-electron chi connectivity index (χ1n) is 7.80. The summed E-state index contributed by atoms with van der Waals surface area (Å²) in [7, 11) is 0. The Balaban J connectivity index is 1.98. The van der Waals surface area contributed by atoms with Crippen LogP contribution in [0.3, 0.4) is 0 Å². The van der Waals surface area contributed by atoms with Crippen LogP contribution in [-0.2, 0) is 4.79 Å². The van der Waals surface area contributed by atoms with Crippen molar-refractivity contribution in [2.75, 3.05) is 26.2 Å². The molecule has 0 aliphatic carbocycles. The van der Waals surface area contributed by atoms with Crippen LogP contribution >= 0.6 is 0 Å². The van der Waals surface area contributed by atoms with Gasteiger partial charge < -0.3 is 10.0 Å². The highest BCUT2D eigenvalue weighted by molar-refractivity contribution is 5.78. The van der Waals surface area contributed by atoms with Crippen molar-refractivity contribution in [3.8, 4) is 0 Å². The topological polar surface area (TPSA) is 43.8 Å². The maximum atomic E-state index is 11.6. The van der Waals surface area contributed by atoms with Crippen LogP contribution in [0.15, 0.2) is 0 Å². The van der Waals surface area contributed by atoms with Gasteiger partial charge in [-0.2, -0.15) is 0 Å². The Morgan fingerprint density at radius 2 is 1.95 bits per heavy atom. The highest BCUT2D eigenvalue weighted by Gasteiger charge is 2.44. The summed E-state index contributed by atoms with van der Waals surface area (Å²) in [6.07, 6.45) is 6.47. The van der Waals surface area contributed by atoms with Gasteiger partial charge in [0.25, 0.3) is 0 Å². The molecule has 1 unspecified atom stereocenters. The van der Waals surface area contributed by atoms with Crippen LogP contribution in [0.2, 0.25) is 0 Å². The molecule has 2 aliphatic rings. The standard InChI is InChI=1S/C15H28N2O2/c1-3-9-16-11-6-13(7-12-16)17-10-5-4-8-15(17,2)14(18)19/h13H,3-12H2,1-2H3,(H,18,19). The van der Waals surface area contributed by atoms with E-state index in [1.54, 1.807) is 0 Å². The molecular weight excluding hydrogens is 240 g/mol. The predicted molar refractivity (Wildman–Crippen MR) is 76.4 cm³/mol. The molecule has 0 radical (unpaired) electrons. The summed E-state index contributed by atoms with van der Waals surface area (Å²) in [6.45, 7) is 8.55. The number of nitrogens with zero attached hydrogens (tertiary/aromatic N) is 2. The summed E-state index contributed by atoms with van der Waals surface area (Å²) >= 11 is 0. The van der Waals surface area contributed by atoms with Gasteiger partial charge in [0.2, 0.25) is 0 Å². The zero-order valence-corrected chi connectivity index (χ0v) is 12.4. The van der Waals surface area contributed by atoms with Crippen LogP contribution in [0.4, 0.5) is 0 Å². The molecule has 0 aromatic heterocycles. The average molecular weight is 268 g/mol. The van der Waals surface area contributed by atoms with Crippen LogP contribution in [0, 0.1) is 0 Å². The number of likely N-dealkylation sites (tertiary alicyclic amines) is 2. The SMILES string of the molecule is CCCN1CCC(N2CCCCC2(C)C(=O)O)CC1. The van der Waals surface area contributed by atoms with E-state index >= 15 is 0 Å². The maximum Gasteiger partial charge on any atom is 0.323 e. The molecule has 0 amide bonds. The molecule has 2 fully saturated rings. The van der Waals surface area contributed by atoms with Gasteiger partial charge in [0, 0.05) is 6.04 Å². The number of carboxylic acids is 1. The van der Waals surface area contributed by atoms with E-state index in [1.165, 1.54) is 13.0 Å². The van der Waals surface area contributed by atoms with Crippen LogP contribution in [0.25, 0.3) is 0 Å². The van der Waals surface area contributed by atoms with E-state index in [9.17, 15) is 9.90 Å². The first-order chi connectivity index (χ1) is 9.08. The number of carboxylic acid groups (broad SMARTS) is 1. The van der Waals surface area contributed by atoms with Gasteiger partial charge in [-0.25, -0.2) is 0 Å².